The minimum Gasteiger partial charge on any atom is -0.381 e. The lowest BCUT2D eigenvalue weighted by Gasteiger charge is -2.30. The Hall–Kier alpha value is -1.27. The molecule has 21 heavy (non-hydrogen) atoms. The van der Waals surface area contributed by atoms with Crippen molar-refractivity contribution in [1.29, 1.82) is 0 Å². The Morgan fingerprint density at radius 2 is 1.95 bits per heavy atom. The number of fused-ring (bicyclic) bond motifs is 1. The lowest BCUT2D eigenvalue weighted by atomic mass is 10.2. The van der Waals surface area contributed by atoms with Crippen LogP contribution in [0.5, 0.6) is 0 Å². The first-order chi connectivity index (χ1) is 9.86. The third-order valence-corrected chi connectivity index (χ3v) is 6.01. The van der Waals surface area contributed by atoms with Crippen molar-refractivity contribution in [3.8, 4) is 0 Å². The summed E-state index contributed by atoms with van der Waals surface area (Å²) in [6, 6.07) is 7.60. The maximum atomic E-state index is 12.8. The van der Waals surface area contributed by atoms with Crippen LogP contribution < -0.4 is 9.21 Å². The second-order valence-corrected chi connectivity index (χ2v) is 7.56. The molecular formula is C15H24N2O3S. The molecule has 0 spiro atoms. The topological polar surface area (TPSA) is 49.9 Å². The van der Waals surface area contributed by atoms with Crippen LogP contribution in [0.3, 0.4) is 0 Å². The first-order valence-corrected chi connectivity index (χ1v) is 8.83. The number of anilines is 2. The van der Waals surface area contributed by atoms with Crippen molar-refractivity contribution in [1.82, 2.24) is 0 Å². The summed E-state index contributed by atoms with van der Waals surface area (Å²) in [5.41, 5.74) is 1.71. The zero-order chi connectivity index (χ0) is 15.6. The van der Waals surface area contributed by atoms with E-state index in [1.807, 2.05) is 38.2 Å². The summed E-state index contributed by atoms with van der Waals surface area (Å²) in [4.78, 5) is 2.11. The maximum absolute atomic E-state index is 12.8. The summed E-state index contributed by atoms with van der Waals surface area (Å²) in [7, 11) is 0.113. The van der Waals surface area contributed by atoms with Gasteiger partial charge in [-0.25, -0.2) is 8.42 Å². The van der Waals surface area contributed by atoms with E-state index in [1.165, 1.54) is 7.11 Å². The highest BCUT2D eigenvalue weighted by Gasteiger charge is 2.33. The molecule has 0 saturated carbocycles. The monoisotopic (exact) mass is 312 g/mol. The first kappa shape index (κ1) is 16.1. The van der Waals surface area contributed by atoms with Gasteiger partial charge in [0.25, 0.3) is 0 Å². The van der Waals surface area contributed by atoms with Crippen LogP contribution in [0, 0.1) is 0 Å². The largest absolute Gasteiger partial charge is 0.381 e. The van der Waals surface area contributed by atoms with Gasteiger partial charge in [0.15, 0.2) is 0 Å². The average Bonchev–Trinajstić information content (AvgIpc) is 2.56. The van der Waals surface area contributed by atoms with E-state index in [-0.39, 0.29) is 17.9 Å². The third-order valence-electron chi connectivity index (χ3n) is 3.96. The van der Waals surface area contributed by atoms with Gasteiger partial charge < -0.3 is 9.64 Å². The second-order valence-electron chi connectivity index (χ2n) is 5.67. The van der Waals surface area contributed by atoms with Crippen molar-refractivity contribution in [2.45, 2.75) is 32.4 Å². The predicted octanol–water partition coefficient (Wildman–Crippen LogP) is 2.09. The van der Waals surface area contributed by atoms with Gasteiger partial charge >= 0.3 is 0 Å². The summed E-state index contributed by atoms with van der Waals surface area (Å²) in [5.74, 6) is -0.00805. The fraction of sp³-hybridized carbons (Fsp3) is 0.600. The summed E-state index contributed by atoms with van der Waals surface area (Å²) in [6.45, 7) is 4.58. The molecule has 0 amide bonds. The highest BCUT2D eigenvalue weighted by Crippen LogP contribution is 2.35. The molecule has 0 bridgehead atoms. The Balaban J connectivity index is 2.47. The van der Waals surface area contributed by atoms with Gasteiger partial charge in [0.05, 0.1) is 23.2 Å². The van der Waals surface area contributed by atoms with Gasteiger partial charge in [0.2, 0.25) is 10.0 Å². The van der Waals surface area contributed by atoms with Crippen molar-refractivity contribution >= 4 is 21.4 Å². The van der Waals surface area contributed by atoms with Crippen molar-refractivity contribution in [3.63, 3.8) is 0 Å². The van der Waals surface area contributed by atoms with E-state index in [0.29, 0.717) is 0 Å². The summed E-state index contributed by atoms with van der Waals surface area (Å²) in [5, 5.41) is 0. The van der Waals surface area contributed by atoms with Gasteiger partial charge in [-0.15, -0.1) is 0 Å². The van der Waals surface area contributed by atoms with Crippen LogP contribution in [0.2, 0.25) is 0 Å². The van der Waals surface area contributed by atoms with Gasteiger partial charge in [0, 0.05) is 26.7 Å². The molecule has 2 atom stereocenters. The second kappa shape index (κ2) is 6.23. The van der Waals surface area contributed by atoms with Gasteiger partial charge in [-0.2, -0.15) is 0 Å². The molecule has 1 aliphatic rings. The van der Waals surface area contributed by atoms with Crippen LogP contribution in [0.1, 0.15) is 20.3 Å². The van der Waals surface area contributed by atoms with E-state index >= 15 is 0 Å². The normalized spacial score (nSPS) is 20.9. The molecular weight excluding hydrogens is 288 g/mol. The van der Waals surface area contributed by atoms with E-state index in [4.69, 9.17) is 4.74 Å². The Labute approximate surface area is 127 Å². The highest BCUT2D eigenvalue weighted by atomic mass is 32.2. The van der Waals surface area contributed by atoms with Crippen molar-refractivity contribution in [2.75, 3.05) is 35.7 Å². The number of benzene rings is 1. The zero-order valence-corrected chi connectivity index (χ0v) is 13.9. The molecule has 118 valence electrons. The van der Waals surface area contributed by atoms with E-state index in [9.17, 15) is 8.42 Å². The Morgan fingerprint density at radius 3 is 2.57 bits per heavy atom. The van der Waals surface area contributed by atoms with Crippen LogP contribution in [0.25, 0.3) is 0 Å². The molecule has 5 nitrogen and oxygen atoms in total. The number of rotatable bonds is 4. The molecule has 0 aromatic heterocycles. The van der Waals surface area contributed by atoms with Gasteiger partial charge in [-0.05, 0) is 32.4 Å². The number of methoxy groups -OCH3 is 1. The van der Waals surface area contributed by atoms with Crippen LogP contribution in [0.4, 0.5) is 11.4 Å². The quantitative estimate of drug-likeness (QED) is 0.854. The molecule has 0 radical (unpaired) electrons. The number of nitrogens with zero attached hydrogens (tertiary/aromatic N) is 2. The van der Waals surface area contributed by atoms with E-state index in [2.05, 4.69) is 4.90 Å². The van der Waals surface area contributed by atoms with E-state index < -0.39 is 10.0 Å². The molecule has 0 aliphatic carbocycles. The number of hydrogen-bond donors (Lipinski definition) is 0. The lowest BCUT2D eigenvalue weighted by Crippen LogP contribution is -2.42. The Kier molecular flexibility index (Phi) is 4.78. The van der Waals surface area contributed by atoms with Gasteiger partial charge in [-0.1, -0.05) is 12.1 Å². The minimum absolute atomic E-state index is 0.00805. The Bertz CT molecular complexity index is 588. The fourth-order valence-electron chi connectivity index (χ4n) is 2.70. The van der Waals surface area contributed by atoms with Crippen molar-refractivity contribution in [3.05, 3.63) is 24.3 Å². The number of sulfonamides is 1. The summed E-state index contributed by atoms with van der Waals surface area (Å²) < 4.78 is 32.3. The molecule has 1 aliphatic heterocycles. The maximum Gasteiger partial charge on any atom is 0.238 e. The minimum atomic E-state index is -3.42. The number of ether oxygens (including phenoxy) is 1. The van der Waals surface area contributed by atoms with Crippen molar-refractivity contribution in [2.24, 2.45) is 0 Å². The summed E-state index contributed by atoms with van der Waals surface area (Å²) >= 11 is 0. The highest BCUT2D eigenvalue weighted by molar-refractivity contribution is 7.92. The fourth-order valence-corrected chi connectivity index (χ4v) is 4.70. The molecule has 1 aromatic rings. The van der Waals surface area contributed by atoms with Crippen LogP contribution in [-0.4, -0.2) is 47.0 Å². The molecule has 2 rings (SSSR count). The van der Waals surface area contributed by atoms with Gasteiger partial charge in [-0.3, -0.25) is 4.31 Å². The lowest BCUT2D eigenvalue weighted by molar-refractivity contribution is 0.136. The molecule has 0 fully saturated rings. The SMILES string of the molecule is CO[C@@H](C)CS(=O)(=O)N1c2ccccc2N(C)CC[C@H]1C. The van der Waals surface area contributed by atoms with E-state index in [0.717, 1.165) is 24.3 Å². The van der Waals surface area contributed by atoms with Gasteiger partial charge in [0.1, 0.15) is 0 Å². The number of para-hydroxylation sites is 2. The predicted molar refractivity (Wildman–Crippen MR) is 86.5 cm³/mol. The smallest absolute Gasteiger partial charge is 0.238 e. The average molecular weight is 312 g/mol. The molecule has 0 saturated heterocycles. The summed E-state index contributed by atoms with van der Waals surface area (Å²) in [6.07, 6.45) is 0.474. The molecule has 6 heteroatoms. The number of hydrogen-bond acceptors (Lipinski definition) is 4. The van der Waals surface area contributed by atoms with Crippen molar-refractivity contribution < 1.29 is 13.2 Å². The van der Waals surface area contributed by atoms with Crippen LogP contribution in [-0.2, 0) is 14.8 Å². The van der Waals surface area contributed by atoms with E-state index in [1.54, 1.807) is 11.2 Å². The van der Waals surface area contributed by atoms with Crippen LogP contribution >= 0.6 is 0 Å². The standard InChI is InChI=1S/C15H24N2O3S/c1-12-9-10-16(3)14-7-5-6-8-15(14)17(12)21(18,19)11-13(2)20-4/h5-8,12-13H,9-11H2,1-4H3/t12-,13+/m1/s1. The molecule has 1 heterocycles. The third kappa shape index (κ3) is 3.32. The first-order valence-electron chi connectivity index (χ1n) is 7.22. The van der Waals surface area contributed by atoms with Crippen LogP contribution in [0.15, 0.2) is 24.3 Å². The molecule has 0 N–H and O–H groups in total. The Morgan fingerprint density at radius 1 is 1.33 bits per heavy atom. The molecule has 0 unspecified atom stereocenters. The zero-order valence-electron chi connectivity index (χ0n) is 13.1. The molecule has 1 aromatic carbocycles.